The monoisotopic (exact) mass is 315 g/mol. The van der Waals surface area contributed by atoms with Crippen LogP contribution >= 0.6 is 23.2 Å². The van der Waals surface area contributed by atoms with Gasteiger partial charge in [-0.3, -0.25) is 0 Å². The van der Waals surface area contributed by atoms with Crippen molar-refractivity contribution in [3.05, 3.63) is 70.8 Å². The lowest BCUT2D eigenvalue weighted by Gasteiger charge is -2.08. The predicted octanol–water partition coefficient (Wildman–Crippen LogP) is 5.19. The summed E-state index contributed by atoms with van der Waals surface area (Å²) in [6, 6.07) is 16.8. The molecule has 0 saturated carbocycles. The van der Waals surface area contributed by atoms with Gasteiger partial charge in [-0.15, -0.1) is 0 Å². The van der Waals surface area contributed by atoms with Crippen molar-refractivity contribution >= 4 is 34.8 Å². The van der Waals surface area contributed by atoms with Crippen LogP contribution in [0.4, 0.5) is 11.6 Å². The maximum atomic E-state index is 6.20. The molecular weight excluding hydrogens is 305 g/mol. The molecule has 2 aromatic carbocycles. The minimum absolute atomic E-state index is 0.509. The summed E-state index contributed by atoms with van der Waals surface area (Å²) in [6.07, 6.45) is 1.69. The second-order valence-corrected chi connectivity index (χ2v) is 5.22. The Morgan fingerprint density at radius 1 is 0.905 bits per heavy atom. The molecule has 1 aromatic heterocycles. The first-order valence-electron chi connectivity index (χ1n) is 6.33. The van der Waals surface area contributed by atoms with E-state index >= 15 is 0 Å². The SMILES string of the molecule is Clc1ccc(Cl)c(-c2ccnc(Nc3ccccc3)n2)c1. The highest BCUT2D eigenvalue weighted by atomic mass is 35.5. The maximum absolute atomic E-state index is 6.20. The smallest absolute Gasteiger partial charge is 0.227 e. The molecule has 0 bridgehead atoms. The summed E-state index contributed by atoms with van der Waals surface area (Å²) in [5.41, 5.74) is 2.42. The van der Waals surface area contributed by atoms with E-state index < -0.39 is 0 Å². The summed E-state index contributed by atoms with van der Waals surface area (Å²) in [7, 11) is 0. The summed E-state index contributed by atoms with van der Waals surface area (Å²) in [5, 5.41) is 4.37. The molecule has 5 heteroatoms. The number of nitrogens with one attached hydrogen (secondary N) is 1. The summed E-state index contributed by atoms with van der Waals surface area (Å²) >= 11 is 12.2. The summed E-state index contributed by atoms with van der Waals surface area (Å²) in [4.78, 5) is 8.69. The van der Waals surface area contributed by atoms with Crippen LogP contribution in [-0.2, 0) is 0 Å². The molecule has 1 heterocycles. The van der Waals surface area contributed by atoms with Crippen LogP contribution in [-0.4, -0.2) is 9.97 Å². The number of rotatable bonds is 3. The van der Waals surface area contributed by atoms with Gasteiger partial charge in [-0.05, 0) is 36.4 Å². The van der Waals surface area contributed by atoms with E-state index in [1.807, 2.05) is 30.3 Å². The van der Waals surface area contributed by atoms with Gasteiger partial charge in [0.15, 0.2) is 0 Å². The molecule has 3 nitrogen and oxygen atoms in total. The van der Waals surface area contributed by atoms with Crippen molar-refractivity contribution in [3.8, 4) is 11.3 Å². The van der Waals surface area contributed by atoms with Crippen molar-refractivity contribution in [3.63, 3.8) is 0 Å². The van der Waals surface area contributed by atoms with Gasteiger partial charge in [-0.2, -0.15) is 0 Å². The van der Waals surface area contributed by atoms with Crippen molar-refractivity contribution in [2.75, 3.05) is 5.32 Å². The largest absolute Gasteiger partial charge is 0.324 e. The van der Waals surface area contributed by atoms with Gasteiger partial charge in [0.05, 0.1) is 10.7 Å². The molecule has 21 heavy (non-hydrogen) atoms. The Balaban J connectivity index is 1.95. The summed E-state index contributed by atoms with van der Waals surface area (Å²) < 4.78 is 0. The van der Waals surface area contributed by atoms with Crippen molar-refractivity contribution in [1.29, 1.82) is 0 Å². The first-order valence-corrected chi connectivity index (χ1v) is 7.08. The molecule has 1 N–H and O–H groups in total. The van der Waals surface area contributed by atoms with Crippen LogP contribution in [0.2, 0.25) is 10.0 Å². The van der Waals surface area contributed by atoms with E-state index in [1.165, 1.54) is 0 Å². The molecule has 0 aliphatic carbocycles. The number of halogens is 2. The number of nitrogens with zero attached hydrogens (tertiary/aromatic N) is 2. The molecule has 104 valence electrons. The van der Waals surface area contributed by atoms with Crippen LogP contribution in [0.25, 0.3) is 11.3 Å². The predicted molar refractivity (Wildman–Crippen MR) is 87.2 cm³/mol. The van der Waals surface area contributed by atoms with Gasteiger partial charge < -0.3 is 5.32 Å². The standard InChI is InChI=1S/C16H11Cl2N3/c17-11-6-7-14(18)13(10-11)15-8-9-19-16(21-15)20-12-4-2-1-3-5-12/h1-10H,(H,19,20,21). The molecule has 0 unspecified atom stereocenters. The fourth-order valence-electron chi connectivity index (χ4n) is 1.91. The van der Waals surface area contributed by atoms with Crippen LogP contribution in [0.3, 0.4) is 0 Å². The second kappa shape index (κ2) is 6.12. The highest BCUT2D eigenvalue weighted by Crippen LogP contribution is 2.29. The van der Waals surface area contributed by atoms with Crippen molar-refractivity contribution in [1.82, 2.24) is 9.97 Å². The third-order valence-electron chi connectivity index (χ3n) is 2.89. The van der Waals surface area contributed by atoms with E-state index in [-0.39, 0.29) is 0 Å². The van der Waals surface area contributed by atoms with E-state index in [0.29, 0.717) is 16.0 Å². The molecule has 0 radical (unpaired) electrons. The summed E-state index contributed by atoms with van der Waals surface area (Å²) in [6.45, 7) is 0. The average molecular weight is 316 g/mol. The zero-order valence-electron chi connectivity index (χ0n) is 10.9. The van der Waals surface area contributed by atoms with Crippen LogP contribution in [0, 0.1) is 0 Å². The highest BCUT2D eigenvalue weighted by Gasteiger charge is 2.07. The van der Waals surface area contributed by atoms with Gasteiger partial charge in [0.1, 0.15) is 0 Å². The number of para-hydroxylation sites is 1. The van der Waals surface area contributed by atoms with Crippen LogP contribution < -0.4 is 5.32 Å². The van der Waals surface area contributed by atoms with Gasteiger partial charge in [0, 0.05) is 22.5 Å². The lowest BCUT2D eigenvalue weighted by molar-refractivity contribution is 1.17. The van der Waals surface area contributed by atoms with Crippen LogP contribution in [0.5, 0.6) is 0 Å². The highest BCUT2D eigenvalue weighted by molar-refractivity contribution is 6.35. The Bertz CT molecular complexity index is 760. The van der Waals surface area contributed by atoms with E-state index in [4.69, 9.17) is 23.2 Å². The first-order chi connectivity index (χ1) is 10.2. The van der Waals surface area contributed by atoms with E-state index in [2.05, 4.69) is 15.3 Å². The molecular formula is C16H11Cl2N3. The normalized spacial score (nSPS) is 10.4. The quantitative estimate of drug-likeness (QED) is 0.722. The number of hydrogen-bond donors (Lipinski definition) is 1. The zero-order chi connectivity index (χ0) is 14.7. The fraction of sp³-hybridized carbons (Fsp3) is 0. The number of anilines is 2. The van der Waals surface area contributed by atoms with Gasteiger partial charge in [0.25, 0.3) is 0 Å². The first kappa shape index (κ1) is 13.9. The zero-order valence-corrected chi connectivity index (χ0v) is 12.4. The molecule has 0 saturated heterocycles. The van der Waals surface area contributed by atoms with Crippen LogP contribution in [0.1, 0.15) is 0 Å². The minimum Gasteiger partial charge on any atom is -0.324 e. The Morgan fingerprint density at radius 2 is 1.71 bits per heavy atom. The van der Waals surface area contributed by atoms with Crippen molar-refractivity contribution in [2.45, 2.75) is 0 Å². The molecule has 0 aliphatic rings. The third kappa shape index (κ3) is 3.32. The Hall–Kier alpha value is -2.10. The third-order valence-corrected chi connectivity index (χ3v) is 3.45. The number of aromatic nitrogens is 2. The molecule has 0 atom stereocenters. The lowest BCUT2D eigenvalue weighted by atomic mass is 10.1. The molecule has 0 spiro atoms. The molecule has 3 rings (SSSR count). The topological polar surface area (TPSA) is 37.8 Å². The number of benzene rings is 2. The molecule has 0 aliphatic heterocycles. The fourth-order valence-corrected chi connectivity index (χ4v) is 2.30. The summed E-state index contributed by atoms with van der Waals surface area (Å²) in [5.74, 6) is 0.509. The Morgan fingerprint density at radius 3 is 2.52 bits per heavy atom. The minimum atomic E-state index is 0.509. The maximum Gasteiger partial charge on any atom is 0.227 e. The molecule has 3 aromatic rings. The van der Waals surface area contributed by atoms with Gasteiger partial charge >= 0.3 is 0 Å². The van der Waals surface area contributed by atoms with Crippen LogP contribution in [0.15, 0.2) is 60.8 Å². The Labute approximate surface area is 132 Å². The van der Waals surface area contributed by atoms with E-state index in [1.54, 1.807) is 30.5 Å². The van der Waals surface area contributed by atoms with E-state index in [0.717, 1.165) is 16.9 Å². The van der Waals surface area contributed by atoms with Gasteiger partial charge in [0.2, 0.25) is 5.95 Å². The van der Waals surface area contributed by atoms with Crippen molar-refractivity contribution < 1.29 is 0 Å². The van der Waals surface area contributed by atoms with Gasteiger partial charge in [-0.1, -0.05) is 41.4 Å². The molecule has 0 amide bonds. The number of hydrogen-bond acceptors (Lipinski definition) is 3. The second-order valence-electron chi connectivity index (χ2n) is 4.38. The Kier molecular flexibility index (Phi) is 4.04. The average Bonchev–Trinajstić information content (AvgIpc) is 2.51. The lowest BCUT2D eigenvalue weighted by Crippen LogP contribution is -1.97. The van der Waals surface area contributed by atoms with E-state index in [9.17, 15) is 0 Å². The van der Waals surface area contributed by atoms with Crippen molar-refractivity contribution in [2.24, 2.45) is 0 Å². The molecule has 0 fully saturated rings. The van der Waals surface area contributed by atoms with Gasteiger partial charge in [-0.25, -0.2) is 9.97 Å².